The SMILES string of the molecule is Cc1ccc2c(c1)NC(=O)C2(C)C#N. The van der Waals surface area contributed by atoms with Gasteiger partial charge in [0.15, 0.2) is 5.41 Å². The summed E-state index contributed by atoms with van der Waals surface area (Å²) < 4.78 is 0. The molecule has 70 valence electrons. The Labute approximate surface area is 82.4 Å². The molecule has 1 aromatic rings. The number of amides is 1. The first-order valence-corrected chi connectivity index (χ1v) is 4.42. The summed E-state index contributed by atoms with van der Waals surface area (Å²) in [6.07, 6.45) is 0. The van der Waals surface area contributed by atoms with E-state index in [2.05, 4.69) is 11.4 Å². The number of nitrogens with one attached hydrogen (secondary N) is 1. The van der Waals surface area contributed by atoms with Crippen molar-refractivity contribution in [2.45, 2.75) is 19.3 Å². The van der Waals surface area contributed by atoms with Crippen molar-refractivity contribution in [3.8, 4) is 6.07 Å². The molecule has 0 bridgehead atoms. The van der Waals surface area contributed by atoms with E-state index in [1.54, 1.807) is 6.92 Å². The van der Waals surface area contributed by atoms with E-state index < -0.39 is 5.41 Å². The van der Waals surface area contributed by atoms with Crippen molar-refractivity contribution in [3.63, 3.8) is 0 Å². The van der Waals surface area contributed by atoms with E-state index in [0.717, 1.165) is 16.8 Å². The van der Waals surface area contributed by atoms with Crippen molar-refractivity contribution in [1.29, 1.82) is 5.26 Å². The smallest absolute Gasteiger partial charge is 0.249 e. The van der Waals surface area contributed by atoms with Crippen LogP contribution in [0, 0.1) is 18.3 Å². The summed E-state index contributed by atoms with van der Waals surface area (Å²) in [5.41, 5.74) is 1.59. The van der Waals surface area contributed by atoms with Crippen LogP contribution in [0.3, 0.4) is 0 Å². The third kappa shape index (κ3) is 0.942. The molecule has 1 unspecified atom stereocenters. The minimum atomic E-state index is -1.02. The fourth-order valence-electron chi connectivity index (χ4n) is 1.68. The number of hydrogen-bond acceptors (Lipinski definition) is 2. The maximum atomic E-state index is 11.6. The van der Waals surface area contributed by atoms with Gasteiger partial charge in [-0.25, -0.2) is 0 Å². The molecule has 3 heteroatoms. The molecule has 1 aliphatic rings. The molecule has 1 aliphatic heterocycles. The minimum absolute atomic E-state index is 0.236. The molecule has 0 radical (unpaired) electrons. The van der Waals surface area contributed by atoms with Crippen molar-refractivity contribution in [1.82, 2.24) is 0 Å². The largest absolute Gasteiger partial charge is 0.324 e. The Balaban J connectivity index is 2.66. The molecule has 0 aliphatic carbocycles. The van der Waals surface area contributed by atoms with E-state index in [0.29, 0.717) is 0 Å². The fourth-order valence-corrected chi connectivity index (χ4v) is 1.68. The number of carbonyl (C=O) groups excluding carboxylic acids is 1. The summed E-state index contributed by atoms with van der Waals surface area (Å²) >= 11 is 0. The van der Waals surface area contributed by atoms with Crippen LogP contribution in [0.1, 0.15) is 18.1 Å². The Morgan fingerprint density at radius 1 is 1.50 bits per heavy atom. The van der Waals surface area contributed by atoms with Gasteiger partial charge in [-0.1, -0.05) is 12.1 Å². The summed E-state index contributed by atoms with van der Waals surface area (Å²) in [4.78, 5) is 11.6. The third-order valence-electron chi connectivity index (χ3n) is 2.64. The molecule has 1 N–H and O–H groups in total. The van der Waals surface area contributed by atoms with Gasteiger partial charge in [-0.15, -0.1) is 0 Å². The Bertz CT molecular complexity index is 459. The van der Waals surface area contributed by atoms with Crippen molar-refractivity contribution in [2.75, 3.05) is 5.32 Å². The normalized spacial score (nSPS) is 23.9. The number of fused-ring (bicyclic) bond motifs is 1. The Morgan fingerprint density at radius 3 is 2.86 bits per heavy atom. The van der Waals surface area contributed by atoms with Gasteiger partial charge in [-0.05, 0) is 25.5 Å². The van der Waals surface area contributed by atoms with E-state index in [-0.39, 0.29) is 5.91 Å². The zero-order valence-electron chi connectivity index (χ0n) is 8.09. The number of nitrogens with zero attached hydrogens (tertiary/aromatic N) is 1. The second-order valence-corrected chi connectivity index (χ2v) is 3.74. The molecule has 3 nitrogen and oxygen atoms in total. The molecule has 0 fully saturated rings. The van der Waals surface area contributed by atoms with E-state index >= 15 is 0 Å². The van der Waals surface area contributed by atoms with Crippen LogP contribution in [0.5, 0.6) is 0 Å². The van der Waals surface area contributed by atoms with Crippen LogP contribution < -0.4 is 5.32 Å². The number of anilines is 1. The highest BCUT2D eigenvalue weighted by atomic mass is 16.2. The lowest BCUT2D eigenvalue weighted by Crippen LogP contribution is -2.28. The quantitative estimate of drug-likeness (QED) is 0.670. The van der Waals surface area contributed by atoms with Crippen LogP contribution in [0.2, 0.25) is 0 Å². The van der Waals surface area contributed by atoms with Crippen molar-refractivity contribution in [2.24, 2.45) is 0 Å². The van der Waals surface area contributed by atoms with Crippen molar-refractivity contribution >= 4 is 11.6 Å². The highest BCUT2D eigenvalue weighted by Gasteiger charge is 2.42. The fraction of sp³-hybridized carbons (Fsp3) is 0.273. The number of nitriles is 1. The highest BCUT2D eigenvalue weighted by molar-refractivity contribution is 6.08. The van der Waals surface area contributed by atoms with E-state index in [1.165, 1.54) is 0 Å². The monoisotopic (exact) mass is 186 g/mol. The summed E-state index contributed by atoms with van der Waals surface area (Å²) in [5.74, 6) is -0.236. The number of carbonyl (C=O) groups is 1. The average molecular weight is 186 g/mol. The molecular formula is C11H10N2O. The molecular weight excluding hydrogens is 176 g/mol. The first kappa shape index (κ1) is 8.76. The van der Waals surface area contributed by atoms with Gasteiger partial charge < -0.3 is 5.32 Å². The van der Waals surface area contributed by atoms with Crippen LogP contribution in [0.4, 0.5) is 5.69 Å². The second kappa shape index (κ2) is 2.58. The molecule has 1 heterocycles. The number of rotatable bonds is 0. The van der Waals surface area contributed by atoms with Gasteiger partial charge in [0.2, 0.25) is 5.91 Å². The molecule has 0 saturated carbocycles. The van der Waals surface area contributed by atoms with E-state index in [1.807, 2.05) is 25.1 Å². The molecule has 2 rings (SSSR count). The summed E-state index contributed by atoms with van der Waals surface area (Å²) in [5, 5.41) is 11.7. The lowest BCUT2D eigenvalue weighted by molar-refractivity contribution is -0.118. The summed E-state index contributed by atoms with van der Waals surface area (Å²) in [6, 6.07) is 7.69. The van der Waals surface area contributed by atoms with Gasteiger partial charge in [0.25, 0.3) is 0 Å². The summed E-state index contributed by atoms with van der Waals surface area (Å²) in [7, 11) is 0. The Kier molecular flexibility index (Phi) is 1.62. The highest BCUT2D eigenvalue weighted by Crippen LogP contribution is 2.37. The standard InChI is InChI=1S/C11H10N2O/c1-7-3-4-8-9(5-7)13-10(14)11(8,2)6-12/h3-5H,1-2H3,(H,13,14). The van der Waals surface area contributed by atoms with Crippen LogP contribution in [0.15, 0.2) is 18.2 Å². The molecule has 1 amide bonds. The molecule has 1 atom stereocenters. The topological polar surface area (TPSA) is 52.9 Å². The summed E-state index contributed by atoms with van der Waals surface area (Å²) in [6.45, 7) is 3.60. The predicted octanol–water partition coefficient (Wildman–Crippen LogP) is 1.73. The Morgan fingerprint density at radius 2 is 2.21 bits per heavy atom. The maximum absolute atomic E-state index is 11.6. The number of benzene rings is 1. The van der Waals surface area contributed by atoms with Crippen LogP contribution in [-0.4, -0.2) is 5.91 Å². The van der Waals surface area contributed by atoms with Gasteiger partial charge in [0, 0.05) is 11.3 Å². The van der Waals surface area contributed by atoms with Crippen LogP contribution in [0.25, 0.3) is 0 Å². The first-order valence-electron chi connectivity index (χ1n) is 4.42. The Hall–Kier alpha value is -1.82. The zero-order chi connectivity index (χ0) is 10.3. The number of hydrogen-bond donors (Lipinski definition) is 1. The molecule has 14 heavy (non-hydrogen) atoms. The number of aryl methyl sites for hydroxylation is 1. The average Bonchev–Trinajstić information content (AvgIpc) is 2.39. The van der Waals surface area contributed by atoms with Crippen LogP contribution >= 0.6 is 0 Å². The van der Waals surface area contributed by atoms with Crippen molar-refractivity contribution in [3.05, 3.63) is 29.3 Å². The second-order valence-electron chi connectivity index (χ2n) is 3.74. The predicted molar refractivity (Wildman–Crippen MR) is 52.8 cm³/mol. The zero-order valence-corrected chi connectivity index (χ0v) is 8.09. The minimum Gasteiger partial charge on any atom is -0.324 e. The van der Waals surface area contributed by atoms with Gasteiger partial charge in [0.05, 0.1) is 6.07 Å². The molecule has 0 saturated heterocycles. The van der Waals surface area contributed by atoms with E-state index in [9.17, 15) is 4.79 Å². The lowest BCUT2D eigenvalue weighted by atomic mass is 9.85. The van der Waals surface area contributed by atoms with Gasteiger partial charge >= 0.3 is 0 Å². The van der Waals surface area contributed by atoms with Gasteiger partial charge in [-0.2, -0.15) is 5.26 Å². The molecule has 0 spiro atoms. The van der Waals surface area contributed by atoms with Gasteiger partial charge in [-0.3, -0.25) is 4.79 Å². The van der Waals surface area contributed by atoms with E-state index in [4.69, 9.17) is 5.26 Å². The lowest BCUT2D eigenvalue weighted by Gasteiger charge is -2.11. The first-order chi connectivity index (χ1) is 6.58. The maximum Gasteiger partial charge on any atom is 0.249 e. The van der Waals surface area contributed by atoms with Crippen molar-refractivity contribution < 1.29 is 4.79 Å². The van der Waals surface area contributed by atoms with Gasteiger partial charge in [0.1, 0.15) is 0 Å². The third-order valence-corrected chi connectivity index (χ3v) is 2.64. The molecule has 1 aromatic carbocycles. The molecule has 0 aromatic heterocycles. The van der Waals surface area contributed by atoms with Crippen LogP contribution in [-0.2, 0) is 10.2 Å².